The van der Waals surface area contributed by atoms with Crippen molar-refractivity contribution in [2.75, 3.05) is 7.05 Å². The standard InChI is InChI=1S/C16H21N3/c1-13-5-3-4-6-15(13)12-19(2)11-14-7-8-18-16(9-14)10-17/h3-9H,10-12,17H2,1-2H3. The van der Waals surface area contributed by atoms with Gasteiger partial charge in [0.2, 0.25) is 0 Å². The van der Waals surface area contributed by atoms with Gasteiger partial charge < -0.3 is 5.73 Å². The molecule has 0 saturated carbocycles. The normalized spacial score (nSPS) is 10.9. The average Bonchev–Trinajstić information content (AvgIpc) is 2.41. The third-order valence-corrected chi connectivity index (χ3v) is 3.24. The minimum atomic E-state index is 0.495. The van der Waals surface area contributed by atoms with Crippen LogP contribution < -0.4 is 5.73 Å². The van der Waals surface area contributed by atoms with Crippen LogP contribution in [0.3, 0.4) is 0 Å². The monoisotopic (exact) mass is 255 g/mol. The number of rotatable bonds is 5. The molecule has 0 unspecified atom stereocenters. The lowest BCUT2D eigenvalue weighted by Crippen LogP contribution is -2.18. The second-order valence-corrected chi connectivity index (χ2v) is 4.96. The second-order valence-electron chi connectivity index (χ2n) is 4.96. The van der Waals surface area contributed by atoms with E-state index < -0.39 is 0 Å². The third-order valence-electron chi connectivity index (χ3n) is 3.24. The fourth-order valence-corrected chi connectivity index (χ4v) is 2.18. The van der Waals surface area contributed by atoms with E-state index in [0.717, 1.165) is 18.8 Å². The smallest absolute Gasteiger partial charge is 0.0542 e. The van der Waals surface area contributed by atoms with E-state index in [4.69, 9.17) is 5.73 Å². The Balaban J connectivity index is 2.01. The number of pyridine rings is 1. The lowest BCUT2D eigenvalue weighted by Gasteiger charge is -2.18. The largest absolute Gasteiger partial charge is 0.325 e. The summed E-state index contributed by atoms with van der Waals surface area (Å²) in [7, 11) is 2.13. The van der Waals surface area contributed by atoms with Crippen LogP contribution in [-0.2, 0) is 19.6 Å². The Hall–Kier alpha value is -1.71. The van der Waals surface area contributed by atoms with E-state index in [1.807, 2.05) is 12.3 Å². The van der Waals surface area contributed by atoms with Crippen LogP contribution in [0.1, 0.15) is 22.4 Å². The van der Waals surface area contributed by atoms with Crippen LogP contribution in [0, 0.1) is 6.92 Å². The van der Waals surface area contributed by atoms with E-state index in [9.17, 15) is 0 Å². The van der Waals surface area contributed by atoms with Crippen molar-refractivity contribution in [2.45, 2.75) is 26.6 Å². The fraction of sp³-hybridized carbons (Fsp3) is 0.312. The summed E-state index contributed by atoms with van der Waals surface area (Å²) in [6.07, 6.45) is 1.83. The first-order chi connectivity index (χ1) is 9.19. The number of aryl methyl sites for hydroxylation is 1. The van der Waals surface area contributed by atoms with Crippen LogP contribution in [0.15, 0.2) is 42.6 Å². The van der Waals surface area contributed by atoms with Crippen molar-refractivity contribution in [3.8, 4) is 0 Å². The lowest BCUT2D eigenvalue weighted by atomic mass is 10.1. The van der Waals surface area contributed by atoms with Crippen LogP contribution in [0.4, 0.5) is 0 Å². The van der Waals surface area contributed by atoms with Crippen molar-refractivity contribution in [2.24, 2.45) is 5.73 Å². The van der Waals surface area contributed by atoms with Crippen molar-refractivity contribution in [3.05, 3.63) is 65.0 Å². The number of benzene rings is 1. The first-order valence-corrected chi connectivity index (χ1v) is 6.56. The topological polar surface area (TPSA) is 42.2 Å². The molecular weight excluding hydrogens is 234 g/mol. The highest BCUT2D eigenvalue weighted by Gasteiger charge is 2.04. The van der Waals surface area contributed by atoms with Gasteiger partial charge in [0.25, 0.3) is 0 Å². The Morgan fingerprint density at radius 3 is 2.68 bits per heavy atom. The first-order valence-electron chi connectivity index (χ1n) is 6.56. The summed E-state index contributed by atoms with van der Waals surface area (Å²) < 4.78 is 0. The molecule has 1 aromatic heterocycles. The molecule has 0 aliphatic heterocycles. The van der Waals surface area contributed by atoms with Crippen molar-refractivity contribution in [3.63, 3.8) is 0 Å². The van der Waals surface area contributed by atoms with Crippen LogP contribution >= 0.6 is 0 Å². The first kappa shape index (κ1) is 13.7. The highest BCUT2D eigenvalue weighted by Crippen LogP contribution is 2.12. The molecule has 2 aromatic rings. The van der Waals surface area contributed by atoms with Gasteiger partial charge in [-0.05, 0) is 42.8 Å². The molecule has 19 heavy (non-hydrogen) atoms. The van der Waals surface area contributed by atoms with Crippen LogP contribution in [-0.4, -0.2) is 16.9 Å². The van der Waals surface area contributed by atoms with Crippen molar-refractivity contribution in [1.82, 2.24) is 9.88 Å². The minimum absolute atomic E-state index is 0.495. The Labute approximate surface area is 115 Å². The van der Waals surface area contributed by atoms with Gasteiger partial charge in [-0.25, -0.2) is 0 Å². The zero-order valence-corrected chi connectivity index (χ0v) is 11.6. The molecule has 0 bridgehead atoms. The highest BCUT2D eigenvalue weighted by molar-refractivity contribution is 5.25. The van der Waals surface area contributed by atoms with E-state index in [-0.39, 0.29) is 0 Å². The van der Waals surface area contributed by atoms with Gasteiger partial charge in [0.15, 0.2) is 0 Å². The van der Waals surface area contributed by atoms with E-state index in [1.54, 1.807) is 0 Å². The summed E-state index contributed by atoms with van der Waals surface area (Å²) in [5, 5.41) is 0. The van der Waals surface area contributed by atoms with E-state index in [0.29, 0.717) is 6.54 Å². The average molecular weight is 255 g/mol. The molecule has 0 amide bonds. The Morgan fingerprint density at radius 2 is 1.95 bits per heavy atom. The number of hydrogen-bond donors (Lipinski definition) is 1. The molecule has 0 aliphatic carbocycles. The van der Waals surface area contributed by atoms with Gasteiger partial charge in [0.1, 0.15) is 0 Å². The molecule has 2 N–H and O–H groups in total. The Kier molecular flexibility index (Phi) is 4.66. The SMILES string of the molecule is Cc1ccccc1CN(C)Cc1ccnc(CN)c1. The number of nitrogens with two attached hydrogens (primary N) is 1. The summed E-state index contributed by atoms with van der Waals surface area (Å²) in [6.45, 7) is 4.51. The van der Waals surface area contributed by atoms with Crippen LogP contribution in [0.2, 0.25) is 0 Å². The molecule has 1 aromatic carbocycles. The summed E-state index contributed by atoms with van der Waals surface area (Å²) >= 11 is 0. The molecule has 0 saturated heterocycles. The number of hydrogen-bond acceptors (Lipinski definition) is 3. The number of aromatic nitrogens is 1. The molecule has 3 heteroatoms. The molecule has 0 aliphatic rings. The molecule has 3 nitrogen and oxygen atoms in total. The van der Waals surface area contributed by atoms with Crippen molar-refractivity contribution in [1.29, 1.82) is 0 Å². The van der Waals surface area contributed by atoms with Crippen LogP contribution in [0.5, 0.6) is 0 Å². The molecule has 2 rings (SSSR count). The van der Waals surface area contributed by atoms with Gasteiger partial charge in [-0.15, -0.1) is 0 Å². The van der Waals surface area contributed by atoms with Crippen molar-refractivity contribution >= 4 is 0 Å². The summed E-state index contributed by atoms with van der Waals surface area (Å²) in [6, 6.07) is 12.6. The Morgan fingerprint density at radius 1 is 1.16 bits per heavy atom. The quantitative estimate of drug-likeness (QED) is 0.892. The van der Waals surface area contributed by atoms with E-state index in [2.05, 4.69) is 54.2 Å². The van der Waals surface area contributed by atoms with Gasteiger partial charge in [-0.2, -0.15) is 0 Å². The van der Waals surface area contributed by atoms with Gasteiger partial charge in [0.05, 0.1) is 5.69 Å². The molecular formula is C16H21N3. The van der Waals surface area contributed by atoms with E-state index >= 15 is 0 Å². The molecule has 0 spiro atoms. The minimum Gasteiger partial charge on any atom is -0.325 e. The van der Waals surface area contributed by atoms with Gasteiger partial charge >= 0.3 is 0 Å². The maximum Gasteiger partial charge on any atom is 0.0542 e. The highest BCUT2D eigenvalue weighted by atomic mass is 15.1. The maximum absolute atomic E-state index is 5.62. The summed E-state index contributed by atoms with van der Waals surface area (Å²) in [4.78, 5) is 6.52. The van der Waals surface area contributed by atoms with Gasteiger partial charge in [-0.1, -0.05) is 24.3 Å². The molecule has 0 atom stereocenters. The molecule has 0 radical (unpaired) electrons. The number of nitrogens with zero attached hydrogens (tertiary/aromatic N) is 2. The molecule has 100 valence electrons. The third kappa shape index (κ3) is 3.88. The second kappa shape index (κ2) is 6.45. The molecule has 1 heterocycles. The summed E-state index contributed by atoms with van der Waals surface area (Å²) in [5.74, 6) is 0. The van der Waals surface area contributed by atoms with E-state index in [1.165, 1.54) is 16.7 Å². The fourth-order valence-electron chi connectivity index (χ4n) is 2.18. The summed E-state index contributed by atoms with van der Waals surface area (Å²) in [5.41, 5.74) is 10.5. The van der Waals surface area contributed by atoms with Crippen molar-refractivity contribution < 1.29 is 0 Å². The zero-order valence-electron chi connectivity index (χ0n) is 11.6. The lowest BCUT2D eigenvalue weighted by molar-refractivity contribution is 0.318. The zero-order chi connectivity index (χ0) is 13.7. The predicted octanol–water partition coefficient (Wildman–Crippen LogP) is 2.48. The maximum atomic E-state index is 5.62. The van der Waals surface area contributed by atoms with Gasteiger partial charge in [0, 0.05) is 25.8 Å². The Bertz CT molecular complexity index is 537. The predicted molar refractivity (Wildman–Crippen MR) is 78.5 cm³/mol. The van der Waals surface area contributed by atoms with Gasteiger partial charge in [-0.3, -0.25) is 9.88 Å². The molecule has 0 fully saturated rings. The van der Waals surface area contributed by atoms with Crippen LogP contribution in [0.25, 0.3) is 0 Å².